The van der Waals surface area contributed by atoms with Gasteiger partial charge in [-0.1, -0.05) is 42.5 Å². The molecule has 1 aromatic heterocycles. The van der Waals surface area contributed by atoms with Crippen LogP contribution in [0, 0.1) is 0 Å². The Morgan fingerprint density at radius 3 is 2.52 bits per heavy atom. The van der Waals surface area contributed by atoms with Crippen molar-refractivity contribution < 1.29 is 9.53 Å². The van der Waals surface area contributed by atoms with E-state index in [1.807, 2.05) is 67.8 Å². The van der Waals surface area contributed by atoms with E-state index in [4.69, 9.17) is 4.74 Å². The quantitative estimate of drug-likeness (QED) is 0.635. The molecule has 0 saturated carbocycles. The average Bonchev–Trinajstić information content (AvgIpc) is 3.13. The SMILES string of the molecule is CCOc1ccccc1C(=O)N(CC)c1nc(-c2ccccc2)cs1. The minimum atomic E-state index is -0.0967. The van der Waals surface area contributed by atoms with Crippen LogP contribution in [0.4, 0.5) is 5.13 Å². The maximum absolute atomic E-state index is 13.0. The maximum atomic E-state index is 13.0. The molecule has 0 spiro atoms. The highest BCUT2D eigenvalue weighted by molar-refractivity contribution is 7.14. The topological polar surface area (TPSA) is 42.4 Å². The highest BCUT2D eigenvalue weighted by atomic mass is 32.1. The lowest BCUT2D eigenvalue weighted by Crippen LogP contribution is -2.30. The van der Waals surface area contributed by atoms with Crippen LogP contribution in [0.5, 0.6) is 5.75 Å². The number of hydrogen-bond donors (Lipinski definition) is 0. The van der Waals surface area contributed by atoms with Crippen molar-refractivity contribution in [3.8, 4) is 17.0 Å². The highest BCUT2D eigenvalue weighted by Gasteiger charge is 2.22. The third-order valence-corrected chi connectivity index (χ3v) is 4.63. The van der Waals surface area contributed by atoms with E-state index in [1.54, 1.807) is 11.0 Å². The highest BCUT2D eigenvalue weighted by Crippen LogP contribution is 2.29. The van der Waals surface area contributed by atoms with E-state index in [2.05, 4.69) is 4.98 Å². The molecule has 0 saturated heterocycles. The summed E-state index contributed by atoms with van der Waals surface area (Å²) in [5, 5.41) is 2.67. The number of anilines is 1. The molecule has 0 bridgehead atoms. The Morgan fingerprint density at radius 1 is 1.08 bits per heavy atom. The first-order valence-corrected chi connectivity index (χ1v) is 9.17. The van der Waals surface area contributed by atoms with Gasteiger partial charge in [-0.3, -0.25) is 9.69 Å². The van der Waals surface area contributed by atoms with Gasteiger partial charge in [0.1, 0.15) is 5.75 Å². The summed E-state index contributed by atoms with van der Waals surface area (Å²) in [6.45, 7) is 4.92. The molecule has 0 radical (unpaired) electrons. The van der Waals surface area contributed by atoms with Gasteiger partial charge in [0.25, 0.3) is 5.91 Å². The number of ether oxygens (including phenoxy) is 1. The van der Waals surface area contributed by atoms with Gasteiger partial charge >= 0.3 is 0 Å². The van der Waals surface area contributed by atoms with Gasteiger partial charge in [0.05, 0.1) is 17.9 Å². The molecular formula is C20H20N2O2S. The molecule has 128 valence electrons. The Balaban J connectivity index is 1.90. The van der Waals surface area contributed by atoms with Crippen LogP contribution < -0.4 is 9.64 Å². The second-order valence-electron chi connectivity index (χ2n) is 5.36. The lowest BCUT2D eigenvalue weighted by molar-refractivity contribution is 0.0984. The van der Waals surface area contributed by atoms with E-state index in [0.717, 1.165) is 11.3 Å². The number of carbonyl (C=O) groups is 1. The predicted octanol–water partition coefficient (Wildman–Crippen LogP) is 4.88. The van der Waals surface area contributed by atoms with Crippen LogP contribution in [-0.2, 0) is 0 Å². The molecule has 0 aliphatic heterocycles. The van der Waals surface area contributed by atoms with E-state index in [9.17, 15) is 4.79 Å². The fourth-order valence-electron chi connectivity index (χ4n) is 2.57. The molecule has 0 N–H and O–H groups in total. The predicted molar refractivity (Wildman–Crippen MR) is 103 cm³/mol. The minimum absolute atomic E-state index is 0.0967. The number of nitrogens with zero attached hydrogens (tertiary/aromatic N) is 2. The van der Waals surface area contributed by atoms with E-state index in [-0.39, 0.29) is 5.91 Å². The average molecular weight is 352 g/mol. The lowest BCUT2D eigenvalue weighted by atomic mass is 10.1. The molecular weight excluding hydrogens is 332 g/mol. The number of benzene rings is 2. The van der Waals surface area contributed by atoms with E-state index in [0.29, 0.717) is 29.6 Å². The number of hydrogen-bond acceptors (Lipinski definition) is 4. The molecule has 0 fully saturated rings. The molecule has 0 unspecified atom stereocenters. The van der Waals surface area contributed by atoms with E-state index >= 15 is 0 Å². The third kappa shape index (κ3) is 3.72. The van der Waals surface area contributed by atoms with Crippen LogP contribution >= 0.6 is 11.3 Å². The summed E-state index contributed by atoms with van der Waals surface area (Å²) in [5.74, 6) is 0.508. The summed E-state index contributed by atoms with van der Waals surface area (Å²) >= 11 is 1.47. The number of thiazole rings is 1. The number of carbonyl (C=O) groups excluding carboxylic acids is 1. The number of amides is 1. The van der Waals surface area contributed by atoms with Gasteiger partial charge in [-0.15, -0.1) is 11.3 Å². The smallest absolute Gasteiger partial charge is 0.263 e. The fourth-order valence-corrected chi connectivity index (χ4v) is 3.46. The van der Waals surface area contributed by atoms with Crippen LogP contribution in [0.2, 0.25) is 0 Å². The van der Waals surface area contributed by atoms with E-state index < -0.39 is 0 Å². The molecule has 4 nitrogen and oxygen atoms in total. The van der Waals surface area contributed by atoms with Crippen LogP contribution in [0.25, 0.3) is 11.3 Å². The van der Waals surface area contributed by atoms with Crippen LogP contribution in [0.1, 0.15) is 24.2 Å². The molecule has 0 aliphatic carbocycles. The molecule has 0 atom stereocenters. The molecule has 1 heterocycles. The van der Waals surface area contributed by atoms with E-state index in [1.165, 1.54) is 11.3 Å². The second-order valence-corrected chi connectivity index (χ2v) is 6.20. The maximum Gasteiger partial charge on any atom is 0.263 e. The minimum Gasteiger partial charge on any atom is -0.493 e. The summed E-state index contributed by atoms with van der Waals surface area (Å²) in [7, 11) is 0. The summed E-state index contributed by atoms with van der Waals surface area (Å²) in [5.41, 5.74) is 2.48. The first-order chi connectivity index (χ1) is 12.2. The normalized spacial score (nSPS) is 10.5. The third-order valence-electron chi connectivity index (χ3n) is 3.77. The van der Waals surface area contributed by atoms with Crippen molar-refractivity contribution in [2.24, 2.45) is 0 Å². The Bertz CT molecular complexity index is 846. The van der Waals surface area contributed by atoms with Crippen molar-refractivity contribution in [3.63, 3.8) is 0 Å². The van der Waals surface area contributed by atoms with Gasteiger partial charge in [0.15, 0.2) is 5.13 Å². The first kappa shape index (κ1) is 17.2. The Labute approximate surface area is 151 Å². The molecule has 3 rings (SSSR count). The lowest BCUT2D eigenvalue weighted by Gasteiger charge is -2.19. The summed E-state index contributed by atoms with van der Waals surface area (Å²) < 4.78 is 5.60. The molecule has 25 heavy (non-hydrogen) atoms. The van der Waals surface area contributed by atoms with Crippen molar-refractivity contribution in [2.75, 3.05) is 18.1 Å². The van der Waals surface area contributed by atoms with Crippen LogP contribution in [-0.4, -0.2) is 24.0 Å². The van der Waals surface area contributed by atoms with Crippen molar-refractivity contribution >= 4 is 22.4 Å². The number of para-hydroxylation sites is 1. The zero-order valence-electron chi connectivity index (χ0n) is 14.3. The summed E-state index contributed by atoms with van der Waals surface area (Å²) in [6, 6.07) is 17.3. The van der Waals surface area contributed by atoms with Gasteiger partial charge in [-0.25, -0.2) is 4.98 Å². The first-order valence-electron chi connectivity index (χ1n) is 8.29. The van der Waals surface area contributed by atoms with Gasteiger partial charge in [0.2, 0.25) is 0 Å². The Morgan fingerprint density at radius 2 is 1.80 bits per heavy atom. The van der Waals surface area contributed by atoms with Gasteiger partial charge < -0.3 is 4.74 Å². The Kier molecular flexibility index (Phi) is 5.46. The second kappa shape index (κ2) is 7.94. The van der Waals surface area contributed by atoms with Gasteiger partial charge in [0, 0.05) is 17.5 Å². The van der Waals surface area contributed by atoms with Crippen molar-refractivity contribution in [3.05, 3.63) is 65.5 Å². The molecule has 5 heteroatoms. The summed E-state index contributed by atoms with van der Waals surface area (Å²) in [4.78, 5) is 19.4. The van der Waals surface area contributed by atoms with Crippen molar-refractivity contribution in [1.29, 1.82) is 0 Å². The zero-order valence-corrected chi connectivity index (χ0v) is 15.1. The van der Waals surface area contributed by atoms with Crippen LogP contribution in [0.15, 0.2) is 60.0 Å². The number of rotatable bonds is 6. The summed E-state index contributed by atoms with van der Waals surface area (Å²) in [6.07, 6.45) is 0. The Hall–Kier alpha value is -2.66. The molecule has 0 aliphatic rings. The molecule has 3 aromatic rings. The van der Waals surface area contributed by atoms with Crippen molar-refractivity contribution in [1.82, 2.24) is 4.98 Å². The largest absolute Gasteiger partial charge is 0.493 e. The molecule has 1 amide bonds. The number of aromatic nitrogens is 1. The van der Waals surface area contributed by atoms with Crippen molar-refractivity contribution in [2.45, 2.75) is 13.8 Å². The standard InChI is InChI=1S/C20H20N2O2S/c1-3-22(19(23)16-12-8-9-13-18(16)24-4-2)20-21-17(14-25-20)15-10-6-5-7-11-15/h5-14H,3-4H2,1-2H3. The van der Waals surface area contributed by atoms with Gasteiger partial charge in [-0.05, 0) is 26.0 Å². The van der Waals surface area contributed by atoms with Crippen LogP contribution in [0.3, 0.4) is 0 Å². The monoisotopic (exact) mass is 352 g/mol. The zero-order chi connectivity index (χ0) is 17.6. The fraction of sp³-hybridized carbons (Fsp3) is 0.200. The van der Waals surface area contributed by atoms with Gasteiger partial charge in [-0.2, -0.15) is 0 Å². The molecule has 2 aromatic carbocycles.